The lowest BCUT2D eigenvalue weighted by molar-refractivity contribution is 0.165. The first kappa shape index (κ1) is 29.2. The third-order valence-corrected chi connectivity index (χ3v) is 10.2. The molecule has 0 radical (unpaired) electrons. The molecular formula is C36H53FO. The predicted molar refractivity (Wildman–Crippen MR) is 161 cm³/mol. The van der Waals surface area contributed by atoms with Crippen LogP contribution in [0, 0.1) is 29.5 Å². The van der Waals surface area contributed by atoms with Crippen molar-refractivity contribution in [2.24, 2.45) is 23.7 Å². The summed E-state index contributed by atoms with van der Waals surface area (Å²) in [6.45, 7) is 12.1. The average molecular weight is 521 g/mol. The zero-order valence-electron chi connectivity index (χ0n) is 25.0. The molecule has 2 heteroatoms. The number of benzene rings is 2. The minimum atomic E-state index is -0.0719. The molecule has 0 bridgehead atoms. The van der Waals surface area contributed by atoms with Gasteiger partial charge in [-0.3, -0.25) is 0 Å². The van der Waals surface area contributed by atoms with Gasteiger partial charge in [0.15, 0.2) is 0 Å². The Hall–Kier alpha value is -1.83. The van der Waals surface area contributed by atoms with Crippen LogP contribution in [-0.2, 0) is 12.8 Å². The highest BCUT2D eigenvalue weighted by molar-refractivity contribution is 5.68. The monoisotopic (exact) mass is 520 g/mol. The van der Waals surface area contributed by atoms with E-state index in [-0.39, 0.29) is 5.82 Å². The molecule has 4 rings (SSSR count). The van der Waals surface area contributed by atoms with Gasteiger partial charge in [-0.05, 0) is 128 Å². The van der Waals surface area contributed by atoms with E-state index >= 15 is 4.39 Å². The van der Waals surface area contributed by atoms with Crippen molar-refractivity contribution in [1.29, 1.82) is 0 Å². The molecule has 2 aliphatic carbocycles. The maximum absolute atomic E-state index is 15.6. The standard InChI is InChI=1S/C36H53FO/c1-6-26(7-2)20-21-38-36-27(8-3)22-33(23-28(36)9-4)34-19-18-32(24-35(34)37)31-16-14-30(15-17-31)29-12-10-25(5)11-13-29/h18-19,22-26,29-31H,6-17,20-21H2,1-5H3. The van der Waals surface area contributed by atoms with E-state index in [4.69, 9.17) is 4.74 Å². The molecule has 0 aromatic heterocycles. The van der Waals surface area contributed by atoms with Gasteiger partial charge in [-0.1, -0.05) is 72.4 Å². The summed E-state index contributed by atoms with van der Waals surface area (Å²) >= 11 is 0. The second-order valence-corrected chi connectivity index (χ2v) is 12.5. The normalized spacial score (nSPS) is 24.1. The lowest BCUT2D eigenvalue weighted by Crippen LogP contribution is -2.24. The lowest BCUT2D eigenvalue weighted by atomic mass is 9.68. The number of ether oxygens (including phenoxy) is 1. The molecule has 1 nitrogen and oxygen atoms in total. The van der Waals surface area contributed by atoms with Crippen molar-refractivity contribution >= 4 is 0 Å². The molecular weight excluding hydrogens is 467 g/mol. The second kappa shape index (κ2) is 14.0. The maximum Gasteiger partial charge on any atom is 0.131 e. The van der Waals surface area contributed by atoms with E-state index < -0.39 is 0 Å². The Morgan fingerprint density at radius 3 is 1.89 bits per heavy atom. The van der Waals surface area contributed by atoms with Crippen LogP contribution in [-0.4, -0.2) is 6.61 Å². The quantitative estimate of drug-likeness (QED) is 0.286. The first-order valence-electron chi connectivity index (χ1n) is 16.1. The number of halogens is 1. The summed E-state index contributed by atoms with van der Waals surface area (Å²) in [5.41, 5.74) is 5.32. The second-order valence-electron chi connectivity index (χ2n) is 12.5. The van der Waals surface area contributed by atoms with Crippen LogP contribution in [0.4, 0.5) is 4.39 Å². The molecule has 0 heterocycles. The Kier molecular flexibility index (Phi) is 10.7. The topological polar surface area (TPSA) is 9.23 Å². The fourth-order valence-corrected chi connectivity index (χ4v) is 7.35. The van der Waals surface area contributed by atoms with E-state index in [1.165, 1.54) is 80.9 Å². The van der Waals surface area contributed by atoms with E-state index in [0.29, 0.717) is 5.92 Å². The van der Waals surface area contributed by atoms with Crippen LogP contribution in [0.5, 0.6) is 5.75 Å². The highest BCUT2D eigenvalue weighted by Gasteiger charge is 2.30. The Labute approximate surface area is 233 Å². The van der Waals surface area contributed by atoms with E-state index in [1.807, 2.05) is 12.1 Å². The van der Waals surface area contributed by atoms with Gasteiger partial charge in [0.1, 0.15) is 11.6 Å². The van der Waals surface area contributed by atoms with Crippen LogP contribution < -0.4 is 4.74 Å². The molecule has 2 aromatic rings. The zero-order chi connectivity index (χ0) is 27.1. The van der Waals surface area contributed by atoms with Crippen LogP contribution in [0.2, 0.25) is 0 Å². The third-order valence-electron chi connectivity index (χ3n) is 10.2. The van der Waals surface area contributed by atoms with Crippen LogP contribution in [0.3, 0.4) is 0 Å². The largest absolute Gasteiger partial charge is 0.493 e. The molecule has 0 N–H and O–H groups in total. The van der Waals surface area contributed by atoms with Crippen molar-refractivity contribution in [2.45, 2.75) is 124 Å². The van der Waals surface area contributed by atoms with Crippen LogP contribution in [0.25, 0.3) is 11.1 Å². The Morgan fingerprint density at radius 2 is 1.37 bits per heavy atom. The summed E-state index contributed by atoms with van der Waals surface area (Å²) in [6, 6.07) is 10.4. The first-order valence-corrected chi connectivity index (χ1v) is 16.1. The summed E-state index contributed by atoms with van der Waals surface area (Å²) < 4.78 is 22.0. The predicted octanol–water partition coefficient (Wildman–Crippen LogP) is 10.9. The number of rotatable bonds is 11. The van der Waals surface area contributed by atoms with Gasteiger partial charge in [0.2, 0.25) is 0 Å². The van der Waals surface area contributed by atoms with Crippen molar-refractivity contribution in [3.8, 4) is 16.9 Å². The average Bonchev–Trinajstić information content (AvgIpc) is 2.95. The molecule has 0 saturated heterocycles. The summed E-state index contributed by atoms with van der Waals surface area (Å²) in [4.78, 5) is 0. The fraction of sp³-hybridized carbons (Fsp3) is 0.667. The molecule has 0 unspecified atom stereocenters. The molecule has 0 aliphatic heterocycles. The fourth-order valence-electron chi connectivity index (χ4n) is 7.35. The van der Waals surface area contributed by atoms with Gasteiger partial charge in [-0.2, -0.15) is 0 Å². The minimum Gasteiger partial charge on any atom is -0.493 e. The molecule has 210 valence electrons. The maximum atomic E-state index is 15.6. The Balaban J connectivity index is 1.44. The van der Waals surface area contributed by atoms with E-state index in [9.17, 15) is 0 Å². The van der Waals surface area contributed by atoms with Gasteiger partial charge in [-0.15, -0.1) is 0 Å². The van der Waals surface area contributed by atoms with Crippen LogP contribution >= 0.6 is 0 Å². The van der Waals surface area contributed by atoms with Gasteiger partial charge in [0.25, 0.3) is 0 Å². The van der Waals surface area contributed by atoms with Gasteiger partial charge >= 0.3 is 0 Å². The summed E-state index contributed by atoms with van der Waals surface area (Å²) in [5, 5.41) is 0. The summed E-state index contributed by atoms with van der Waals surface area (Å²) in [7, 11) is 0. The lowest BCUT2D eigenvalue weighted by Gasteiger charge is -2.37. The minimum absolute atomic E-state index is 0.0719. The van der Waals surface area contributed by atoms with Crippen LogP contribution in [0.1, 0.15) is 128 Å². The van der Waals surface area contributed by atoms with Gasteiger partial charge in [0, 0.05) is 5.56 Å². The smallest absolute Gasteiger partial charge is 0.131 e. The molecule has 38 heavy (non-hydrogen) atoms. The van der Waals surface area contributed by atoms with Crippen LogP contribution in [0.15, 0.2) is 30.3 Å². The third kappa shape index (κ3) is 7.02. The molecule has 2 aliphatic rings. The molecule has 0 atom stereocenters. The van der Waals surface area contributed by atoms with Gasteiger partial charge < -0.3 is 4.74 Å². The molecule has 2 aromatic carbocycles. The van der Waals surface area contributed by atoms with E-state index in [1.54, 1.807) is 0 Å². The first-order chi connectivity index (χ1) is 18.5. The number of aryl methyl sites for hydroxylation is 2. The molecule has 0 spiro atoms. The molecule has 0 amide bonds. The van der Waals surface area contributed by atoms with Crippen molar-refractivity contribution in [3.63, 3.8) is 0 Å². The van der Waals surface area contributed by atoms with Crippen molar-refractivity contribution in [1.82, 2.24) is 0 Å². The summed E-state index contributed by atoms with van der Waals surface area (Å²) in [5.74, 6) is 4.97. The van der Waals surface area contributed by atoms with Crippen molar-refractivity contribution in [3.05, 3.63) is 52.8 Å². The number of hydrogen-bond acceptors (Lipinski definition) is 1. The van der Waals surface area contributed by atoms with Crippen molar-refractivity contribution < 1.29 is 9.13 Å². The Morgan fingerprint density at radius 1 is 0.789 bits per heavy atom. The zero-order valence-corrected chi connectivity index (χ0v) is 25.0. The van der Waals surface area contributed by atoms with Gasteiger partial charge in [0.05, 0.1) is 6.61 Å². The highest BCUT2D eigenvalue weighted by Crippen LogP contribution is 2.44. The molecule has 2 saturated carbocycles. The molecule has 2 fully saturated rings. The summed E-state index contributed by atoms with van der Waals surface area (Å²) in [6.07, 6.45) is 16.1. The SMILES string of the molecule is CCc1cc(-c2ccc(C3CCC(C4CCC(C)CC4)CC3)cc2F)cc(CC)c1OCCC(CC)CC. The number of hydrogen-bond donors (Lipinski definition) is 0. The van der Waals surface area contributed by atoms with E-state index in [0.717, 1.165) is 66.4 Å². The van der Waals surface area contributed by atoms with Gasteiger partial charge in [-0.25, -0.2) is 4.39 Å². The highest BCUT2D eigenvalue weighted by atomic mass is 19.1. The van der Waals surface area contributed by atoms with E-state index in [2.05, 4.69) is 52.8 Å². The Bertz CT molecular complexity index is 981. The van der Waals surface area contributed by atoms with Crippen molar-refractivity contribution in [2.75, 3.05) is 6.61 Å².